The Morgan fingerprint density at radius 3 is 2.64 bits per heavy atom. The lowest BCUT2D eigenvalue weighted by Gasteiger charge is -2.36. The van der Waals surface area contributed by atoms with E-state index in [-0.39, 0.29) is 6.03 Å². The molecule has 4 rings (SSSR count). The molecule has 0 aliphatic carbocycles. The second-order valence-corrected chi connectivity index (χ2v) is 7.66. The molecule has 1 aromatic carbocycles. The number of hydrogen-bond donors (Lipinski definition) is 1. The van der Waals surface area contributed by atoms with Crippen molar-refractivity contribution in [3.05, 3.63) is 52.5 Å². The van der Waals surface area contributed by atoms with Crippen LogP contribution in [-0.4, -0.2) is 53.8 Å². The van der Waals surface area contributed by atoms with E-state index in [4.69, 9.17) is 4.52 Å². The van der Waals surface area contributed by atoms with E-state index in [1.54, 1.807) is 11.3 Å². The van der Waals surface area contributed by atoms with Gasteiger partial charge in [-0.1, -0.05) is 11.2 Å². The summed E-state index contributed by atoms with van der Waals surface area (Å²) in [7, 11) is 0. The molecule has 1 N–H and O–H groups in total. The number of thiophene rings is 1. The zero-order valence-electron chi connectivity index (χ0n) is 15.8. The third-order valence-corrected chi connectivity index (χ3v) is 5.64. The van der Waals surface area contributed by atoms with Gasteiger partial charge in [-0.25, -0.2) is 4.79 Å². The lowest BCUT2D eigenvalue weighted by Crippen LogP contribution is -2.51. The van der Waals surface area contributed by atoms with Crippen LogP contribution in [-0.2, 0) is 6.42 Å². The highest BCUT2D eigenvalue weighted by Gasteiger charge is 2.21. The summed E-state index contributed by atoms with van der Waals surface area (Å²) in [6.45, 7) is 5.69. The number of rotatable bonds is 5. The van der Waals surface area contributed by atoms with Gasteiger partial charge < -0.3 is 19.6 Å². The highest BCUT2D eigenvalue weighted by molar-refractivity contribution is 7.09. The van der Waals surface area contributed by atoms with E-state index in [1.807, 2.05) is 35.4 Å². The van der Waals surface area contributed by atoms with E-state index in [0.717, 1.165) is 37.4 Å². The normalized spacial score (nSPS) is 14.3. The zero-order chi connectivity index (χ0) is 19.3. The Kier molecular flexibility index (Phi) is 5.57. The van der Waals surface area contributed by atoms with Crippen molar-refractivity contribution < 1.29 is 9.32 Å². The monoisotopic (exact) mass is 397 g/mol. The van der Waals surface area contributed by atoms with Crippen LogP contribution >= 0.6 is 11.3 Å². The van der Waals surface area contributed by atoms with Gasteiger partial charge in [0.15, 0.2) is 0 Å². The predicted molar refractivity (Wildman–Crippen MR) is 110 cm³/mol. The molecular formula is C20H23N5O2S. The first-order valence-electron chi connectivity index (χ1n) is 9.46. The maximum Gasteiger partial charge on any atom is 0.317 e. The number of amides is 2. The van der Waals surface area contributed by atoms with Crippen LogP contribution in [0, 0.1) is 0 Å². The molecule has 2 amide bonds. The summed E-state index contributed by atoms with van der Waals surface area (Å²) in [5, 5.41) is 9.01. The fourth-order valence-electron chi connectivity index (χ4n) is 3.26. The minimum absolute atomic E-state index is 0.0213. The van der Waals surface area contributed by atoms with Gasteiger partial charge in [0.25, 0.3) is 0 Å². The maximum absolute atomic E-state index is 11.9. The minimum Gasteiger partial charge on any atom is -0.368 e. The second kappa shape index (κ2) is 8.43. The minimum atomic E-state index is 0.0213. The summed E-state index contributed by atoms with van der Waals surface area (Å²) < 4.78 is 5.38. The van der Waals surface area contributed by atoms with Crippen LogP contribution in [0.2, 0.25) is 0 Å². The fourth-order valence-corrected chi connectivity index (χ4v) is 3.95. The molecule has 0 atom stereocenters. The molecule has 0 unspecified atom stereocenters. The number of carbonyl (C=O) groups is 1. The van der Waals surface area contributed by atoms with Crippen molar-refractivity contribution in [1.29, 1.82) is 0 Å². The highest BCUT2D eigenvalue weighted by atomic mass is 32.1. The van der Waals surface area contributed by atoms with Crippen LogP contribution in [0.1, 0.15) is 17.7 Å². The Balaban J connectivity index is 1.37. The van der Waals surface area contributed by atoms with Crippen LogP contribution in [0.25, 0.3) is 11.4 Å². The van der Waals surface area contributed by atoms with Gasteiger partial charge in [0.2, 0.25) is 11.7 Å². The lowest BCUT2D eigenvalue weighted by molar-refractivity contribution is 0.195. The van der Waals surface area contributed by atoms with Gasteiger partial charge in [-0.2, -0.15) is 4.98 Å². The van der Waals surface area contributed by atoms with Crippen molar-refractivity contribution in [2.24, 2.45) is 0 Å². The van der Waals surface area contributed by atoms with E-state index < -0.39 is 0 Å². The fraction of sp³-hybridized carbons (Fsp3) is 0.350. The van der Waals surface area contributed by atoms with Crippen LogP contribution in [0.15, 0.2) is 46.3 Å². The van der Waals surface area contributed by atoms with Crippen molar-refractivity contribution in [2.75, 3.05) is 37.6 Å². The van der Waals surface area contributed by atoms with Gasteiger partial charge in [0.1, 0.15) is 0 Å². The standard InChI is InChI=1S/C20H23N5O2S/c1-2-21-20(26)25-11-9-24(10-12-25)16-7-5-15(6-8-16)19-22-18(27-23-19)14-17-4-3-13-28-17/h3-8,13H,2,9-12,14H2,1H3,(H,21,26). The molecule has 0 bridgehead atoms. The Morgan fingerprint density at radius 1 is 1.18 bits per heavy atom. The second-order valence-electron chi connectivity index (χ2n) is 6.62. The summed E-state index contributed by atoms with van der Waals surface area (Å²) in [4.78, 5) is 21.8. The average molecular weight is 398 g/mol. The highest BCUT2D eigenvalue weighted by Crippen LogP contribution is 2.23. The molecule has 0 spiro atoms. The Labute approximate surface area is 168 Å². The number of anilines is 1. The molecule has 3 aromatic rings. The summed E-state index contributed by atoms with van der Waals surface area (Å²) in [6.07, 6.45) is 0.665. The van der Waals surface area contributed by atoms with Crippen molar-refractivity contribution in [2.45, 2.75) is 13.3 Å². The number of benzene rings is 1. The SMILES string of the molecule is CCNC(=O)N1CCN(c2ccc(-c3noc(Cc4cccs4)n3)cc2)CC1. The number of carbonyl (C=O) groups excluding carboxylic acids is 1. The van der Waals surface area contributed by atoms with Crippen LogP contribution < -0.4 is 10.2 Å². The number of nitrogens with zero attached hydrogens (tertiary/aromatic N) is 4. The number of hydrogen-bond acceptors (Lipinski definition) is 6. The van der Waals surface area contributed by atoms with Crippen molar-refractivity contribution in [1.82, 2.24) is 20.4 Å². The third kappa shape index (κ3) is 4.17. The van der Waals surface area contributed by atoms with Crippen molar-refractivity contribution in [3.63, 3.8) is 0 Å². The van der Waals surface area contributed by atoms with Gasteiger partial charge in [-0.3, -0.25) is 0 Å². The first-order chi connectivity index (χ1) is 13.7. The Bertz CT molecular complexity index is 899. The molecule has 1 saturated heterocycles. The molecule has 0 saturated carbocycles. The summed E-state index contributed by atoms with van der Waals surface area (Å²) in [5.41, 5.74) is 2.08. The molecule has 1 aliphatic heterocycles. The first kappa shape index (κ1) is 18.5. The zero-order valence-corrected chi connectivity index (χ0v) is 16.6. The lowest BCUT2D eigenvalue weighted by atomic mass is 10.1. The molecule has 8 heteroatoms. The number of aromatic nitrogens is 2. The average Bonchev–Trinajstić information content (AvgIpc) is 3.41. The molecule has 1 aliphatic rings. The largest absolute Gasteiger partial charge is 0.368 e. The van der Waals surface area contributed by atoms with Crippen molar-refractivity contribution in [3.8, 4) is 11.4 Å². The van der Waals surface area contributed by atoms with Gasteiger partial charge in [0, 0.05) is 48.9 Å². The van der Waals surface area contributed by atoms with Gasteiger partial charge in [-0.05, 0) is 42.6 Å². The van der Waals surface area contributed by atoms with E-state index >= 15 is 0 Å². The maximum atomic E-state index is 11.9. The number of piperazine rings is 1. The van der Waals surface area contributed by atoms with Gasteiger partial charge >= 0.3 is 6.03 Å². The third-order valence-electron chi connectivity index (χ3n) is 4.76. The molecule has 0 radical (unpaired) electrons. The van der Waals surface area contributed by atoms with Crippen molar-refractivity contribution >= 4 is 23.1 Å². The quantitative estimate of drug-likeness (QED) is 0.715. The van der Waals surface area contributed by atoms with E-state index in [2.05, 4.69) is 38.6 Å². The molecular weight excluding hydrogens is 374 g/mol. The Morgan fingerprint density at radius 2 is 1.96 bits per heavy atom. The molecule has 3 heterocycles. The number of urea groups is 1. The van der Waals surface area contributed by atoms with Crippen LogP contribution in [0.4, 0.5) is 10.5 Å². The van der Waals surface area contributed by atoms with Gasteiger partial charge in [-0.15, -0.1) is 11.3 Å². The Hall–Kier alpha value is -2.87. The van der Waals surface area contributed by atoms with Crippen LogP contribution in [0.5, 0.6) is 0 Å². The number of nitrogens with one attached hydrogen (secondary N) is 1. The van der Waals surface area contributed by atoms with Crippen LogP contribution in [0.3, 0.4) is 0 Å². The topological polar surface area (TPSA) is 74.5 Å². The predicted octanol–water partition coefficient (Wildman–Crippen LogP) is 3.24. The smallest absolute Gasteiger partial charge is 0.317 e. The molecule has 28 heavy (non-hydrogen) atoms. The molecule has 146 valence electrons. The van der Waals surface area contributed by atoms with E-state index in [9.17, 15) is 4.79 Å². The summed E-state index contributed by atoms with van der Waals surface area (Å²) in [5.74, 6) is 1.24. The van der Waals surface area contributed by atoms with Gasteiger partial charge in [0.05, 0.1) is 6.42 Å². The summed E-state index contributed by atoms with van der Waals surface area (Å²) in [6, 6.07) is 12.3. The van der Waals surface area contributed by atoms with E-state index in [0.29, 0.717) is 24.7 Å². The summed E-state index contributed by atoms with van der Waals surface area (Å²) >= 11 is 1.68. The first-order valence-corrected chi connectivity index (χ1v) is 10.3. The van der Waals surface area contributed by atoms with E-state index in [1.165, 1.54) is 4.88 Å². The molecule has 1 fully saturated rings. The molecule has 2 aromatic heterocycles. The molecule has 7 nitrogen and oxygen atoms in total.